The van der Waals surface area contributed by atoms with Crippen LogP contribution in [0.1, 0.15) is 38.7 Å². The van der Waals surface area contributed by atoms with Crippen molar-refractivity contribution in [3.05, 3.63) is 70.6 Å². The highest BCUT2D eigenvalue weighted by Crippen LogP contribution is 2.24. The Morgan fingerprint density at radius 2 is 1.75 bits per heavy atom. The summed E-state index contributed by atoms with van der Waals surface area (Å²) in [6.07, 6.45) is 1.74. The number of hydrogen-bond donors (Lipinski definition) is 0. The van der Waals surface area contributed by atoms with Gasteiger partial charge in [-0.2, -0.15) is 0 Å². The number of ketones is 1. The van der Waals surface area contributed by atoms with Crippen molar-refractivity contribution in [3.8, 4) is 5.69 Å². The van der Waals surface area contributed by atoms with E-state index in [0.29, 0.717) is 6.54 Å². The number of Topliss-reactive ketones (excluding diaryl/α,β-unsaturated/α-hetero) is 1. The summed E-state index contributed by atoms with van der Waals surface area (Å²) in [4.78, 5) is 17.1. The largest absolute Gasteiger partial charge is 0.327 e. The van der Waals surface area contributed by atoms with Crippen LogP contribution in [-0.2, 0) is 6.54 Å². The van der Waals surface area contributed by atoms with Gasteiger partial charge in [0, 0.05) is 28.3 Å². The van der Waals surface area contributed by atoms with Crippen LogP contribution in [0.3, 0.4) is 0 Å². The minimum absolute atomic E-state index is 0.114. The number of benzene rings is 1. The van der Waals surface area contributed by atoms with E-state index < -0.39 is 0 Å². The number of aromatic nitrogens is 3. The summed E-state index contributed by atoms with van der Waals surface area (Å²) >= 11 is 0. The smallest absolute Gasteiger partial charge is 0.184 e. The van der Waals surface area contributed by atoms with Gasteiger partial charge in [0.1, 0.15) is 0 Å². The van der Waals surface area contributed by atoms with Crippen molar-refractivity contribution in [1.82, 2.24) is 14.1 Å². The van der Waals surface area contributed by atoms with Gasteiger partial charge in [0.25, 0.3) is 0 Å². The van der Waals surface area contributed by atoms with Crippen LogP contribution < -0.4 is 0 Å². The molecule has 0 N–H and O–H groups in total. The summed E-state index contributed by atoms with van der Waals surface area (Å²) in [5, 5.41) is 0. The molecule has 24 heavy (non-hydrogen) atoms. The summed E-state index contributed by atoms with van der Waals surface area (Å²) in [5.74, 6) is 0.114. The molecule has 0 fully saturated rings. The molecule has 124 valence electrons. The zero-order chi connectivity index (χ0) is 17.4. The number of para-hydroxylation sites is 1. The van der Waals surface area contributed by atoms with Gasteiger partial charge in [0.05, 0.1) is 18.6 Å². The second-order valence-electron chi connectivity index (χ2n) is 6.37. The molecule has 3 aromatic rings. The van der Waals surface area contributed by atoms with Gasteiger partial charge in [-0.15, -0.1) is 0 Å². The molecule has 0 unspecified atom stereocenters. The molecule has 2 aromatic heterocycles. The van der Waals surface area contributed by atoms with Crippen LogP contribution in [0.15, 0.2) is 36.7 Å². The lowest BCUT2D eigenvalue weighted by Gasteiger charge is -2.12. The summed E-state index contributed by atoms with van der Waals surface area (Å²) in [6.45, 7) is 10.4. The highest BCUT2D eigenvalue weighted by atomic mass is 16.1. The minimum atomic E-state index is 0.114. The number of aryl methyl sites for hydroxylation is 3. The van der Waals surface area contributed by atoms with Crippen molar-refractivity contribution < 1.29 is 4.79 Å². The first-order valence-electron chi connectivity index (χ1n) is 8.16. The molecule has 0 amide bonds. The summed E-state index contributed by atoms with van der Waals surface area (Å²) in [7, 11) is 0. The Morgan fingerprint density at radius 3 is 2.38 bits per heavy atom. The quantitative estimate of drug-likeness (QED) is 0.679. The van der Waals surface area contributed by atoms with Crippen LogP contribution in [0.25, 0.3) is 5.69 Å². The molecule has 0 saturated heterocycles. The molecule has 0 aliphatic heterocycles. The lowest BCUT2D eigenvalue weighted by atomic mass is 10.1. The normalized spacial score (nSPS) is 11.0. The van der Waals surface area contributed by atoms with E-state index in [1.165, 1.54) is 5.56 Å². The molecule has 0 radical (unpaired) electrons. The van der Waals surface area contributed by atoms with Crippen molar-refractivity contribution in [2.24, 2.45) is 0 Å². The monoisotopic (exact) mass is 321 g/mol. The standard InChI is InChI=1S/C20H23N3O/c1-13-8-6-7-9-19(13)23-14(2)10-18(17(23)5)20(24)11-22-12-21-15(3)16(22)4/h6-10,12H,11H2,1-5H3. The van der Waals surface area contributed by atoms with Gasteiger partial charge < -0.3 is 9.13 Å². The van der Waals surface area contributed by atoms with Crippen LogP contribution in [-0.4, -0.2) is 19.9 Å². The van der Waals surface area contributed by atoms with E-state index >= 15 is 0 Å². The average molecular weight is 321 g/mol. The Labute approximate surface area is 142 Å². The maximum absolute atomic E-state index is 12.8. The van der Waals surface area contributed by atoms with Crippen molar-refractivity contribution >= 4 is 5.78 Å². The van der Waals surface area contributed by atoms with Gasteiger partial charge >= 0.3 is 0 Å². The number of imidazole rings is 1. The third-order valence-corrected chi connectivity index (χ3v) is 4.75. The third kappa shape index (κ3) is 2.68. The molecule has 0 saturated carbocycles. The molecule has 4 heteroatoms. The number of nitrogens with zero attached hydrogens (tertiary/aromatic N) is 3. The Bertz CT molecular complexity index is 915. The van der Waals surface area contributed by atoms with Gasteiger partial charge in [-0.25, -0.2) is 4.98 Å². The summed E-state index contributed by atoms with van der Waals surface area (Å²) in [6, 6.07) is 10.2. The molecule has 4 nitrogen and oxygen atoms in total. The predicted molar refractivity (Wildman–Crippen MR) is 96.0 cm³/mol. The van der Waals surface area contributed by atoms with Crippen LogP contribution >= 0.6 is 0 Å². The maximum Gasteiger partial charge on any atom is 0.184 e. The average Bonchev–Trinajstić information content (AvgIpc) is 3.02. The van der Waals surface area contributed by atoms with E-state index in [1.54, 1.807) is 6.33 Å². The first-order valence-corrected chi connectivity index (χ1v) is 8.16. The molecular weight excluding hydrogens is 298 g/mol. The zero-order valence-electron chi connectivity index (χ0n) is 14.9. The fourth-order valence-corrected chi connectivity index (χ4v) is 3.17. The second-order valence-corrected chi connectivity index (χ2v) is 6.37. The Balaban J connectivity index is 1.98. The fraction of sp³-hybridized carbons (Fsp3) is 0.300. The Kier molecular flexibility index (Phi) is 4.14. The topological polar surface area (TPSA) is 39.8 Å². The van der Waals surface area contributed by atoms with Gasteiger partial charge in [-0.3, -0.25) is 4.79 Å². The van der Waals surface area contributed by atoms with Gasteiger partial charge in [-0.1, -0.05) is 18.2 Å². The lowest BCUT2D eigenvalue weighted by molar-refractivity contribution is 0.0970. The van der Waals surface area contributed by atoms with Crippen LogP contribution in [0.2, 0.25) is 0 Å². The van der Waals surface area contributed by atoms with Crippen LogP contribution in [0.5, 0.6) is 0 Å². The summed E-state index contributed by atoms with van der Waals surface area (Å²) in [5.41, 5.74) is 7.16. The van der Waals surface area contributed by atoms with E-state index in [1.807, 2.05) is 50.5 Å². The van der Waals surface area contributed by atoms with Gasteiger partial charge in [0.2, 0.25) is 0 Å². The molecule has 3 rings (SSSR count). The second kappa shape index (κ2) is 6.11. The van der Waals surface area contributed by atoms with Crippen LogP contribution in [0, 0.1) is 34.6 Å². The molecule has 0 aliphatic rings. The van der Waals surface area contributed by atoms with Crippen molar-refractivity contribution in [2.75, 3.05) is 0 Å². The fourth-order valence-electron chi connectivity index (χ4n) is 3.17. The SMILES string of the molecule is Cc1ccccc1-n1c(C)cc(C(=O)Cn2cnc(C)c2C)c1C. The predicted octanol–water partition coefficient (Wildman–Crippen LogP) is 4.10. The highest BCUT2D eigenvalue weighted by Gasteiger charge is 2.18. The molecule has 0 spiro atoms. The molecule has 0 bridgehead atoms. The first-order chi connectivity index (χ1) is 11.4. The molecule has 0 aliphatic carbocycles. The number of carbonyl (C=O) groups is 1. The summed E-state index contributed by atoms with van der Waals surface area (Å²) < 4.78 is 4.08. The van der Waals surface area contributed by atoms with Crippen molar-refractivity contribution in [2.45, 2.75) is 41.2 Å². The first kappa shape index (κ1) is 16.2. The molecule has 0 atom stereocenters. The van der Waals surface area contributed by atoms with E-state index in [9.17, 15) is 4.79 Å². The lowest BCUT2D eigenvalue weighted by Crippen LogP contribution is -2.12. The number of rotatable bonds is 4. The van der Waals surface area contributed by atoms with Crippen molar-refractivity contribution in [1.29, 1.82) is 0 Å². The van der Waals surface area contributed by atoms with Gasteiger partial charge in [-0.05, 0) is 52.3 Å². The molecule has 2 heterocycles. The van der Waals surface area contributed by atoms with E-state index in [4.69, 9.17) is 0 Å². The highest BCUT2D eigenvalue weighted by molar-refractivity contribution is 5.97. The molecular formula is C20H23N3O. The Hall–Kier alpha value is -2.62. The van der Waals surface area contributed by atoms with E-state index in [2.05, 4.69) is 28.6 Å². The number of hydrogen-bond acceptors (Lipinski definition) is 2. The van der Waals surface area contributed by atoms with E-state index in [0.717, 1.165) is 34.0 Å². The van der Waals surface area contributed by atoms with Gasteiger partial charge in [0.15, 0.2) is 5.78 Å². The third-order valence-electron chi connectivity index (χ3n) is 4.75. The zero-order valence-corrected chi connectivity index (χ0v) is 14.9. The Morgan fingerprint density at radius 1 is 1.04 bits per heavy atom. The number of carbonyl (C=O) groups excluding carboxylic acids is 1. The van der Waals surface area contributed by atoms with E-state index in [-0.39, 0.29) is 5.78 Å². The van der Waals surface area contributed by atoms with Crippen molar-refractivity contribution in [3.63, 3.8) is 0 Å². The van der Waals surface area contributed by atoms with Crippen LogP contribution in [0.4, 0.5) is 0 Å². The maximum atomic E-state index is 12.8. The minimum Gasteiger partial charge on any atom is -0.327 e. The molecule has 1 aromatic carbocycles.